The molecule has 1 aliphatic rings. The quantitative estimate of drug-likeness (QED) is 0.876. The van der Waals surface area contributed by atoms with Crippen LogP contribution in [0.2, 0.25) is 10.0 Å². The van der Waals surface area contributed by atoms with Crippen LogP contribution in [0.4, 0.5) is 0 Å². The van der Waals surface area contributed by atoms with Crippen molar-refractivity contribution in [3.05, 3.63) is 33.8 Å². The number of rotatable bonds is 5. The van der Waals surface area contributed by atoms with Crippen molar-refractivity contribution in [3.63, 3.8) is 0 Å². The molecule has 2 atom stereocenters. The lowest BCUT2D eigenvalue weighted by Gasteiger charge is -2.15. The molecule has 2 rings (SSSR count). The van der Waals surface area contributed by atoms with Crippen LogP contribution in [0.5, 0.6) is 0 Å². The average molecular weight is 290 g/mol. The van der Waals surface area contributed by atoms with Gasteiger partial charge in [-0.3, -0.25) is 0 Å². The number of nitrogens with one attached hydrogen (secondary N) is 1. The SMILES string of the molecule is OC(CNCC1CCOC1)c1cc(Cl)ccc1Cl. The van der Waals surface area contributed by atoms with Crippen LogP contribution in [0.25, 0.3) is 0 Å². The van der Waals surface area contributed by atoms with Gasteiger partial charge in [0, 0.05) is 35.3 Å². The van der Waals surface area contributed by atoms with Crippen molar-refractivity contribution >= 4 is 23.2 Å². The fraction of sp³-hybridized carbons (Fsp3) is 0.538. The van der Waals surface area contributed by atoms with Crippen LogP contribution in [0.3, 0.4) is 0 Å². The molecular weight excluding hydrogens is 273 g/mol. The van der Waals surface area contributed by atoms with Gasteiger partial charge in [-0.05, 0) is 30.5 Å². The van der Waals surface area contributed by atoms with E-state index in [0.717, 1.165) is 26.2 Å². The zero-order valence-corrected chi connectivity index (χ0v) is 11.5. The summed E-state index contributed by atoms with van der Waals surface area (Å²) in [5, 5.41) is 14.4. The Labute approximate surface area is 117 Å². The Morgan fingerprint density at radius 1 is 1.44 bits per heavy atom. The molecule has 1 aromatic rings. The van der Waals surface area contributed by atoms with Crippen LogP contribution in [0.1, 0.15) is 18.1 Å². The van der Waals surface area contributed by atoms with Crippen LogP contribution in [-0.4, -0.2) is 31.4 Å². The largest absolute Gasteiger partial charge is 0.387 e. The average Bonchev–Trinajstić information content (AvgIpc) is 2.85. The minimum Gasteiger partial charge on any atom is -0.387 e. The summed E-state index contributed by atoms with van der Waals surface area (Å²) in [5.41, 5.74) is 0.666. The number of hydrogen-bond acceptors (Lipinski definition) is 3. The van der Waals surface area contributed by atoms with E-state index < -0.39 is 6.10 Å². The molecule has 1 aromatic carbocycles. The number of aliphatic hydroxyl groups excluding tert-OH is 1. The lowest BCUT2D eigenvalue weighted by Crippen LogP contribution is -2.27. The van der Waals surface area contributed by atoms with Gasteiger partial charge in [0.25, 0.3) is 0 Å². The van der Waals surface area contributed by atoms with Crippen LogP contribution >= 0.6 is 23.2 Å². The molecule has 0 bridgehead atoms. The molecule has 1 aliphatic heterocycles. The van der Waals surface area contributed by atoms with Crippen molar-refractivity contribution in [2.45, 2.75) is 12.5 Å². The monoisotopic (exact) mass is 289 g/mol. The predicted molar refractivity (Wildman–Crippen MR) is 73.2 cm³/mol. The van der Waals surface area contributed by atoms with Gasteiger partial charge < -0.3 is 15.2 Å². The zero-order valence-electron chi connectivity index (χ0n) is 10.0. The first-order valence-corrected chi connectivity index (χ1v) is 6.84. The Balaban J connectivity index is 1.83. The van der Waals surface area contributed by atoms with Crippen molar-refractivity contribution in [2.24, 2.45) is 5.92 Å². The summed E-state index contributed by atoms with van der Waals surface area (Å²) < 4.78 is 5.29. The first-order valence-electron chi connectivity index (χ1n) is 6.08. The highest BCUT2D eigenvalue weighted by atomic mass is 35.5. The van der Waals surface area contributed by atoms with E-state index >= 15 is 0 Å². The molecule has 1 fully saturated rings. The second-order valence-corrected chi connectivity index (χ2v) is 5.41. The lowest BCUT2D eigenvalue weighted by molar-refractivity contribution is 0.167. The molecule has 5 heteroatoms. The summed E-state index contributed by atoms with van der Waals surface area (Å²) in [4.78, 5) is 0. The molecule has 0 saturated carbocycles. The van der Waals surface area contributed by atoms with E-state index in [0.29, 0.717) is 28.1 Å². The van der Waals surface area contributed by atoms with Crippen LogP contribution in [0.15, 0.2) is 18.2 Å². The first kappa shape index (κ1) is 14.1. The highest BCUT2D eigenvalue weighted by Crippen LogP contribution is 2.26. The highest BCUT2D eigenvalue weighted by Gasteiger charge is 2.16. The van der Waals surface area contributed by atoms with Crippen LogP contribution < -0.4 is 5.32 Å². The standard InChI is InChI=1S/C13H17Cl2NO2/c14-10-1-2-12(15)11(5-10)13(17)7-16-6-9-3-4-18-8-9/h1-2,5,9,13,16-17H,3-4,6-8H2. The molecule has 3 nitrogen and oxygen atoms in total. The van der Waals surface area contributed by atoms with E-state index in [1.807, 2.05) is 0 Å². The van der Waals surface area contributed by atoms with E-state index in [4.69, 9.17) is 27.9 Å². The summed E-state index contributed by atoms with van der Waals surface area (Å²) in [7, 11) is 0. The second-order valence-electron chi connectivity index (χ2n) is 4.57. The Bertz CT molecular complexity index is 395. The summed E-state index contributed by atoms with van der Waals surface area (Å²) in [6.07, 6.45) is 0.444. The third-order valence-electron chi connectivity index (χ3n) is 3.11. The maximum atomic E-state index is 10.1. The minimum atomic E-state index is -0.640. The van der Waals surface area contributed by atoms with Crippen molar-refractivity contribution < 1.29 is 9.84 Å². The van der Waals surface area contributed by atoms with Crippen molar-refractivity contribution in [1.29, 1.82) is 0 Å². The smallest absolute Gasteiger partial charge is 0.0929 e. The van der Waals surface area contributed by atoms with E-state index in [1.165, 1.54) is 0 Å². The van der Waals surface area contributed by atoms with Crippen LogP contribution in [0, 0.1) is 5.92 Å². The third-order valence-corrected chi connectivity index (χ3v) is 3.69. The van der Waals surface area contributed by atoms with E-state index in [-0.39, 0.29) is 0 Å². The van der Waals surface area contributed by atoms with E-state index in [9.17, 15) is 5.11 Å². The summed E-state index contributed by atoms with van der Waals surface area (Å²) in [5.74, 6) is 0.548. The molecule has 100 valence electrons. The Kier molecular flexibility index (Phi) is 5.27. The molecule has 2 unspecified atom stereocenters. The molecule has 0 radical (unpaired) electrons. The van der Waals surface area contributed by atoms with Crippen molar-refractivity contribution in [2.75, 3.05) is 26.3 Å². The van der Waals surface area contributed by atoms with Crippen molar-refractivity contribution in [3.8, 4) is 0 Å². The van der Waals surface area contributed by atoms with Gasteiger partial charge in [0.1, 0.15) is 0 Å². The van der Waals surface area contributed by atoms with Gasteiger partial charge in [-0.15, -0.1) is 0 Å². The Hall–Kier alpha value is -0.320. The number of halogens is 2. The van der Waals surface area contributed by atoms with Crippen LogP contribution in [-0.2, 0) is 4.74 Å². The molecule has 1 saturated heterocycles. The lowest BCUT2D eigenvalue weighted by atomic mass is 10.1. The number of hydrogen-bond donors (Lipinski definition) is 2. The Morgan fingerprint density at radius 3 is 3.00 bits per heavy atom. The molecular formula is C13H17Cl2NO2. The molecule has 0 aromatic heterocycles. The van der Waals surface area contributed by atoms with Gasteiger partial charge in [0.05, 0.1) is 12.7 Å². The fourth-order valence-electron chi connectivity index (χ4n) is 2.05. The van der Waals surface area contributed by atoms with E-state index in [2.05, 4.69) is 5.32 Å². The third kappa shape index (κ3) is 3.84. The highest BCUT2D eigenvalue weighted by molar-refractivity contribution is 6.33. The van der Waals surface area contributed by atoms with Gasteiger partial charge in [0.2, 0.25) is 0 Å². The van der Waals surface area contributed by atoms with Gasteiger partial charge in [-0.25, -0.2) is 0 Å². The second kappa shape index (κ2) is 6.73. The number of benzene rings is 1. The number of aliphatic hydroxyl groups is 1. The van der Waals surface area contributed by atoms with Crippen molar-refractivity contribution in [1.82, 2.24) is 5.32 Å². The van der Waals surface area contributed by atoms with Gasteiger partial charge in [-0.2, -0.15) is 0 Å². The molecule has 2 N–H and O–H groups in total. The summed E-state index contributed by atoms with van der Waals surface area (Å²) in [6.45, 7) is 2.97. The predicted octanol–water partition coefficient (Wildman–Crippen LogP) is 2.65. The molecule has 1 heterocycles. The van der Waals surface area contributed by atoms with Gasteiger partial charge in [0.15, 0.2) is 0 Å². The maximum Gasteiger partial charge on any atom is 0.0929 e. The van der Waals surface area contributed by atoms with E-state index in [1.54, 1.807) is 18.2 Å². The maximum absolute atomic E-state index is 10.1. The molecule has 0 spiro atoms. The number of ether oxygens (including phenoxy) is 1. The molecule has 0 aliphatic carbocycles. The zero-order chi connectivity index (χ0) is 13.0. The Morgan fingerprint density at radius 2 is 2.28 bits per heavy atom. The summed E-state index contributed by atoms with van der Waals surface area (Å²) >= 11 is 11.9. The molecule has 18 heavy (non-hydrogen) atoms. The summed E-state index contributed by atoms with van der Waals surface area (Å²) in [6, 6.07) is 5.12. The first-order chi connectivity index (χ1) is 8.66. The van der Waals surface area contributed by atoms with Gasteiger partial charge in [-0.1, -0.05) is 23.2 Å². The normalized spacial score (nSPS) is 21.2. The molecule has 0 amide bonds. The fourth-order valence-corrected chi connectivity index (χ4v) is 2.47. The minimum absolute atomic E-state index is 0.469. The van der Waals surface area contributed by atoms with Gasteiger partial charge >= 0.3 is 0 Å². The topological polar surface area (TPSA) is 41.5 Å².